The van der Waals surface area contributed by atoms with E-state index in [0.717, 1.165) is 17.9 Å². The number of nitrogens with zero attached hydrogens (tertiary/aromatic N) is 1. The van der Waals surface area contributed by atoms with E-state index in [1.54, 1.807) is 14.0 Å². The van der Waals surface area contributed by atoms with Crippen LogP contribution < -0.4 is 9.47 Å². The molecule has 1 fully saturated rings. The number of rotatable bonds is 8. The van der Waals surface area contributed by atoms with Gasteiger partial charge in [-0.15, -0.1) is 0 Å². The highest BCUT2D eigenvalue weighted by molar-refractivity contribution is 5.83. The number of allylic oxidation sites excluding steroid dienone is 1. The molecule has 25 heavy (non-hydrogen) atoms. The Morgan fingerprint density at radius 3 is 2.44 bits per heavy atom. The fourth-order valence-corrected chi connectivity index (χ4v) is 2.20. The zero-order valence-electron chi connectivity index (χ0n) is 15.1. The number of methoxy groups -OCH3 is 1. The normalized spacial score (nSPS) is 16.0. The monoisotopic (exact) mass is 349 g/mol. The first kappa shape index (κ1) is 20.5. The minimum Gasteiger partial charge on any atom is -0.493 e. The first-order valence-corrected chi connectivity index (χ1v) is 8.45. The van der Waals surface area contributed by atoms with Crippen molar-refractivity contribution in [1.82, 2.24) is 4.90 Å². The van der Waals surface area contributed by atoms with Gasteiger partial charge in [-0.3, -0.25) is 9.59 Å². The van der Waals surface area contributed by atoms with Crippen molar-refractivity contribution in [1.29, 1.82) is 0 Å². The summed E-state index contributed by atoms with van der Waals surface area (Å²) in [6.07, 6.45) is 5.89. The summed E-state index contributed by atoms with van der Waals surface area (Å²) in [6.45, 7) is 4.86. The van der Waals surface area contributed by atoms with Crippen LogP contribution in [0.5, 0.6) is 11.5 Å². The highest BCUT2D eigenvalue weighted by Crippen LogP contribution is 2.27. The molecule has 138 valence electrons. The van der Waals surface area contributed by atoms with Crippen molar-refractivity contribution in [2.75, 3.05) is 20.3 Å². The van der Waals surface area contributed by atoms with Gasteiger partial charge >= 0.3 is 5.97 Å². The van der Waals surface area contributed by atoms with Gasteiger partial charge in [-0.1, -0.05) is 38.1 Å². The van der Waals surface area contributed by atoms with Gasteiger partial charge in [-0.05, 0) is 18.6 Å². The van der Waals surface area contributed by atoms with E-state index in [0.29, 0.717) is 19.6 Å². The van der Waals surface area contributed by atoms with E-state index >= 15 is 0 Å². The van der Waals surface area contributed by atoms with Crippen LogP contribution >= 0.6 is 0 Å². The number of hydrogen-bond acceptors (Lipinski definition) is 4. The van der Waals surface area contributed by atoms with E-state index in [2.05, 4.69) is 13.0 Å². The molecule has 0 bridgehead atoms. The van der Waals surface area contributed by atoms with E-state index < -0.39 is 5.97 Å². The fourth-order valence-electron chi connectivity index (χ4n) is 2.20. The van der Waals surface area contributed by atoms with E-state index in [1.807, 2.05) is 35.2 Å². The van der Waals surface area contributed by atoms with Crippen LogP contribution in [0.25, 0.3) is 0 Å². The fraction of sp³-hybridized carbons (Fsp3) is 0.474. The first-order valence-electron chi connectivity index (χ1n) is 8.45. The number of carbonyl (C=O) groups is 2. The van der Waals surface area contributed by atoms with E-state index in [1.165, 1.54) is 0 Å². The van der Waals surface area contributed by atoms with Crippen LogP contribution in [0.15, 0.2) is 36.4 Å². The molecular weight excluding hydrogens is 322 g/mol. The molecule has 0 radical (unpaired) electrons. The third-order valence-corrected chi connectivity index (χ3v) is 3.68. The summed E-state index contributed by atoms with van der Waals surface area (Å²) in [6, 6.07) is 7.71. The predicted octanol–water partition coefficient (Wildman–Crippen LogP) is 3.12. The van der Waals surface area contributed by atoms with E-state index in [4.69, 9.17) is 14.6 Å². The summed E-state index contributed by atoms with van der Waals surface area (Å²) in [7, 11) is 1.62. The maximum Gasteiger partial charge on any atom is 0.303 e. The summed E-state index contributed by atoms with van der Waals surface area (Å²) in [5, 5.41) is 7.72. The molecule has 1 amide bonds. The van der Waals surface area contributed by atoms with Crippen LogP contribution in [-0.4, -0.2) is 48.2 Å². The average molecular weight is 349 g/mol. The second-order valence-corrected chi connectivity index (χ2v) is 5.49. The Labute approximate surface area is 149 Å². The highest BCUT2D eigenvalue weighted by atomic mass is 16.5. The Balaban J connectivity index is 0.000000550. The number of para-hydroxylation sites is 2. The molecule has 0 spiro atoms. The van der Waals surface area contributed by atoms with Gasteiger partial charge in [0.1, 0.15) is 6.61 Å². The second-order valence-electron chi connectivity index (χ2n) is 5.49. The minimum atomic E-state index is -0.745. The van der Waals surface area contributed by atoms with Crippen molar-refractivity contribution in [3.63, 3.8) is 0 Å². The quantitative estimate of drug-likeness (QED) is 0.576. The predicted molar refractivity (Wildman–Crippen MR) is 96.0 cm³/mol. The number of carboxylic acids is 1. The molecule has 6 nitrogen and oxygen atoms in total. The van der Waals surface area contributed by atoms with Gasteiger partial charge in [0.15, 0.2) is 11.5 Å². The molecule has 1 aliphatic rings. The van der Waals surface area contributed by atoms with Crippen molar-refractivity contribution < 1.29 is 24.2 Å². The van der Waals surface area contributed by atoms with Gasteiger partial charge in [0, 0.05) is 13.0 Å². The Bertz CT molecular complexity index is 585. The summed E-state index contributed by atoms with van der Waals surface area (Å²) in [5.41, 5.74) is 0. The molecule has 1 saturated heterocycles. The van der Waals surface area contributed by atoms with Gasteiger partial charge < -0.3 is 19.5 Å². The number of likely N-dealkylation sites (tertiary alicyclic amines) is 1. The minimum absolute atomic E-state index is 0.161. The number of amides is 1. The maximum absolute atomic E-state index is 11.6. The van der Waals surface area contributed by atoms with Crippen molar-refractivity contribution in [3.05, 3.63) is 36.4 Å². The molecule has 0 aromatic heterocycles. The topological polar surface area (TPSA) is 76.1 Å². The van der Waals surface area contributed by atoms with Crippen LogP contribution in [0.1, 0.15) is 33.1 Å². The number of aliphatic carboxylic acids is 1. The average Bonchev–Trinajstić information content (AvgIpc) is 2.62. The number of β-lactam (4-membered cyclic amide) rings is 1. The molecule has 1 aromatic rings. The number of carboxylic acid groups (broad SMARTS) is 1. The lowest BCUT2D eigenvalue weighted by Gasteiger charge is -2.39. The van der Waals surface area contributed by atoms with Crippen LogP contribution in [0.4, 0.5) is 0 Å². The van der Waals surface area contributed by atoms with Gasteiger partial charge in [-0.2, -0.15) is 0 Å². The van der Waals surface area contributed by atoms with Gasteiger partial charge in [0.05, 0.1) is 19.6 Å². The van der Waals surface area contributed by atoms with Crippen molar-refractivity contribution in [2.24, 2.45) is 0 Å². The SMILES string of the molecule is CC/C=C\CN1C(=O)C[C@@H]1COc1ccccc1OC.CCC(=O)O. The molecule has 6 heteroatoms. The summed E-state index contributed by atoms with van der Waals surface area (Å²) < 4.78 is 11.0. The van der Waals surface area contributed by atoms with E-state index in [9.17, 15) is 9.59 Å². The molecule has 1 aromatic carbocycles. The summed E-state index contributed by atoms with van der Waals surface area (Å²) in [4.78, 5) is 22.8. The van der Waals surface area contributed by atoms with Crippen LogP contribution in [0, 0.1) is 0 Å². The number of benzene rings is 1. The Kier molecular flexibility index (Phi) is 9.14. The lowest BCUT2D eigenvalue weighted by molar-refractivity contribution is -0.146. The summed E-state index contributed by atoms with van der Waals surface area (Å²) in [5.74, 6) is 0.887. The molecule has 1 aliphatic heterocycles. The Morgan fingerprint density at radius 2 is 1.92 bits per heavy atom. The molecule has 1 heterocycles. The second kappa shape index (κ2) is 11.1. The van der Waals surface area contributed by atoms with Gasteiger partial charge in [0.25, 0.3) is 0 Å². The Morgan fingerprint density at radius 1 is 1.28 bits per heavy atom. The third-order valence-electron chi connectivity index (χ3n) is 3.68. The zero-order chi connectivity index (χ0) is 18.7. The zero-order valence-corrected chi connectivity index (χ0v) is 15.1. The van der Waals surface area contributed by atoms with Gasteiger partial charge in [0.2, 0.25) is 5.91 Å². The van der Waals surface area contributed by atoms with Crippen LogP contribution in [-0.2, 0) is 9.59 Å². The molecule has 0 aliphatic carbocycles. The largest absolute Gasteiger partial charge is 0.493 e. The third kappa shape index (κ3) is 6.87. The van der Waals surface area contributed by atoms with E-state index in [-0.39, 0.29) is 18.4 Å². The molecule has 1 atom stereocenters. The highest BCUT2D eigenvalue weighted by Gasteiger charge is 2.35. The first-order chi connectivity index (χ1) is 12.0. The number of hydrogen-bond donors (Lipinski definition) is 1. The van der Waals surface area contributed by atoms with Crippen molar-refractivity contribution >= 4 is 11.9 Å². The maximum atomic E-state index is 11.6. The molecule has 0 saturated carbocycles. The van der Waals surface area contributed by atoms with Crippen molar-refractivity contribution in [3.8, 4) is 11.5 Å². The molecule has 2 rings (SSSR count). The molecular formula is C19H27NO5. The molecule has 0 unspecified atom stereocenters. The smallest absolute Gasteiger partial charge is 0.303 e. The van der Waals surface area contributed by atoms with Crippen LogP contribution in [0.2, 0.25) is 0 Å². The number of ether oxygens (including phenoxy) is 2. The summed E-state index contributed by atoms with van der Waals surface area (Å²) >= 11 is 0. The molecule has 1 N–H and O–H groups in total. The number of carbonyl (C=O) groups excluding carboxylic acids is 1. The van der Waals surface area contributed by atoms with Crippen molar-refractivity contribution in [2.45, 2.75) is 39.2 Å². The lowest BCUT2D eigenvalue weighted by Crippen LogP contribution is -2.55. The van der Waals surface area contributed by atoms with Gasteiger partial charge in [-0.25, -0.2) is 0 Å². The lowest BCUT2D eigenvalue weighted by atomic mass is 10.0. The van der Waals surface area contributed by atoms with Crippen LogP contribution in [0.3, 0.4) is 0 Å². The Hall–Kier alpha value is -2.50. The standard InChI is InChI=1S/C16H21NO3.C3H6O2/c1-3-4-7-10-17-13(11-16(17)18)12-20-15-9-6-5-8-14(15)19-2;1-2-3(4)5/h4-9,13H,3,10-12H2,1-2H3;2H2,1H3,(H,4,5)/b7-4-;/t13-;/m1./s1.